The Bertz CT molecular complexity index is 734. The number of rotatable bonds is 7. The minimum atomic E-state index is -0.767. The molecule has 2 N–H and O–H groups in total. The van der Waals surface area contributed by atoms with Crippen molar-refractivity contribution in [3.05, 3.63) is 54.1 Å². The predicted molar refractivity (Wildman–Crippen MR) is 94.1 cm³/mol. The van der Waals surface area contributed by atoms with Crippen molar-refractivity contribution in [1.82, 2.24) is 5.32 Å². The van der Waals surface area contributed by atoms with E-state index >= 15 is 0 Å². The van der Waals surface area contributed by atoms with Crippen LogP contribution in [0.1, 0.15) is 0 Å². The molecule has 2 aromatic carbocycles. The molecule has 0 fully saturated rings. The molecule has 1 amide bonds. The van der Waals surface area contributed by atoms with Gasteiger partial charge in [0.1, 0.15) is 28.8 Å². The fourth-order valence-corrected chi connectivity index (χ4v) is 2.03. The molecule has 0 unspecified atom stereocenters. The number of nitrogens with one attached hydrogen (secondary N) is 2. The summed E-state index contributed by atoms with van der Waals surface area (Å²) in [5, 5.41) is 4.93. The van der Waals surface area contributed by atoms with Crippen molar-refractivity contribution < 1.29 is 23.0 Å². The lowest BCUT2D eigenvalue weighted by atomic mass is 10.3. The second kappa shape index (κ2) is 8.93. The van der Waals surface area contributed by atoms with E-state index in [1.807, 2.05) is 0 Å². The molecule has 0 radical (unpaired) electrons. The molecule has 0 aromatic heterocycles. The lowest BCUT2D eigenvalue weighted by molar-refractivity contribution is -0.122. The molecule has 8 heteroatoms. The highest BCUT2D eigenvalue weighted by Crippen LogP contribution is 2.18. The van der Waals surface area contributed by atoms with Crippen LogP contribution in [0.15, 0.2) is 42.5 Å². The molecule has 0 spiro atoms. The molecule has 0 atom stereocenters. The number of ether oxygens (including phenoxy) is 2. The molecule has 2 rings (SSSR count). The van der Waals surface area contributed by atoms with E-state index < -0.39 is 17.5 Å². The van der Waals surface area contributed by atoms with E-state index in [0.29, 0.717) is 11.5 Å². The van der Waals surface area contributed by atoms with Gasteiger partial charge in [0.2, 0.25) is 0 Å². The summed E-state index contributed by atoms with van der Waals surface area (Å²) in [6.45, 7) is -0.295. The van der Waals surface area contributed by atoms with Gasteiger partial charge in [-0.05, 0) is 36.4 Å². The van der Waals surface area contributed by atoms with Gasteiger partial charge in [-0.15, -0.1) is 0 Å². The third kappa shape index (κ3) is 5.68. The summed E-state index contributed by atoms with van der Waals surface area (Å²) in [6, 6.07) is 10.2. The number of methoxy groups -OCH3 is 1. The summed E-state index contributed by atoms with van der Waals surface area (Å²) in [4.78, 5) is 11.8. The number of hydrogen-bond acceptors (Lipinski definition) is 4. The van der Waals surface area contributed by atoms with Gasteiger partial charge >= 0.3 is 0 Å². The number of benzene rings is 2. The minimum absolute atomic E-state index is 0.0711. The smallest absolute Gasteiger partial charge is 0.258 e. The Balaban J connectivity index is 1.76. The first-order chi connectivity index (χ1) is 12.0. The largest absolute Gasteiger partial charge is 0.497 e. The molecule has 0 heterocycles. The first-order valence-corrected chi connectivity index (χ1v) is 7.68. The zero-order valence-electron chi connectivity index (χ0n) is 13.3. The molecule has 5 nitrogen and oxygen atoms in total. The molecule has 0 aliphatic rings. The lowest BCUT2D eigenvalue weighted by Gasteiger charge is -2.11. The van der Waals surface area contributed by atoms with E-state index in [0.717, 1.165) is 12.1 Å². The van der Waals surface area contributed by atoms with Crippen LogP contribution in [-0.4, -0.2) is 31.2 Å². The van der Waals surface area contributed by atoms with Crippen LogP contribution in [0, 0.1) is 11.6 Å². The standard InChI is InChI=1S/C17H16F2N2O3S/c1-23-11-5-7-12(8-6-11)24-10-15(22)20-9-16(25)21-17-13(18)3-2-4-14(17)19/h2-8H,9-10H2,1H3,(H,20,22)(H,21,25). The fourth-order valence-electron chi connectivity index (χ4n) is 1.85. The Kier molecular flexibility index (Phi) is 6.64. The highest BCUT2D eigenvalue weighted by molar-refractivity contribution is 7.80. The summed E-state index contributed by atoms with van der Waals surface area (Å²) in [5.74, 6) is -0.777. The van der Waals surface area contributed by atoms with Crippen LogP contribution in [0.2, 0.25) is 0 Å². The SMILES string of the molecule is COc1ccc(OCC(=O)NCC(=S)Nc2c(F)cccc2F)cc1. The number of carbonyl (C=O) groups is 1. The first-order valence-electron chi connectivity index (χ1n) is 7.27. The Morgan fingerprint density at radius 1 is 1.08 bits per heavy atom. The summed E-state index contributed by atoms with van der Waals surface area (Å²) >= 11 is 4.97. The van der Waals surface area contributed by atoms with E-state index in [9.17, 15) is 13.6 Å². The van der Waals surface area contributed by atoms with Gasteiger partial charge in [0.25, 0.3) is 5.91 Å². The molecule has 0 saturated carbocycles. The molecule has 2 aromatic rings. The van der Waals surface area contributed by atoms with Crippen molar-refractivity contribution in [2.24, 2.45) is 0 Å². The number of thiocarbonyl (C=S) groups is 1. The van der Waals surface area contributed by atoms with Crippen LogP contribution < -0.4 is 20.1 Å². The van der Waals surface area contributed by atoms with Gasteiger partial charge in [-0.1, -0.05) is 18.3 Å². The van der Waals surface area contributed by atoms with Crippen molar-refractivity contribution in [3.63, 3.8) is 0 Å². The molecule has 0 aliphatic heterocycles. The van der Waals surface area contributed by atoms with E-state index in [1.165, 1.54) is 6.07 Å². The Morgan fingerprint density at radius 3 is 2.28 bits per heavy atom. The van der Waals surface area contributed by atoms with Crippen LogP contribution in [0.25, 0.3) is 0 Å². The summed E-state index contributed by atoms with van der Waals surface area (Å²) in [6.07, 6.45) is 0. The quantitative estimate of drug-likeness (QED) is 0.738. The van der Waals surface area contributed by atoms with Gasteiger partial charge < -0.3 is 20.1 Å². The van der Waals surface area contributed by atoms with Gasteiger partial charge in [0, 0.05) is 0 Å². The van der Waals surface area contributed by atoms with Gasteiger partial charge in [0.05, 0.1) is 18.6 Å². The van der Waals surface area contributed by atoms with E-state index in [-0.39, 0.29) is 23.8 Å². The maximum absolute atomic E-state index is 13.5. The number of para-hydroxylation sites is 1. The van der Waals surface area contributed by atoms with E-state index in [4.69, 9.17) is 21.7 Å². The lowest BCUT2D eigenvalue weighted by Crippen LogP contribution is -2.35. The van der Waals surface area contributed by atoms with E-state index in [1.54, 1.807) is 31.4 Å². The van der Waals surface area contributed by atoms with Crippen molar-refractivity contribution in [2.75, 3.05) is 25.6 Å². The monoisotopic (exact) mass is 366 g/mol. The average molecular weight is 366 g/mol. The molecule has 0 bridgehead atoms. The third-order valence-corrected chi connectivity index (χ3v) is 3.35. The molecular weight excluding hydrogens is 350 g/mol. The van der Waals surface area contributed by atoms with Gasteiger partial charge in [-0.25, -0.2) is 8.78 Å². The summed E-state index contributed by atoms with van der Waals surface area (Å²) in [7, 11) is 1.55. The van der Waals surface area contributed by atoms with Crippen molar-refractivity contribution in [1.29, 1.82) is 0 Å². The molecule has 0 aliphatic carbocycles. The fraction of sp³-hybridized carbons (Fsp3) is 0.176. The van der Waals surface area contributed by atoms with Gasteiger partial charge in [-0.3, -0.25) is 4.79 Å². The third-order valence-electron chi connectivity index (χ3n) is 3.10. The Morgan fingerprint density at radius 2 is 1.68 bits per heavy atom. The minimum Gasteiger partial charge on any atom is -0.497 e. The second-order valence-electron chi connectivity index (χ2n) is 4.89. The predicted octanol–water partition coefficient (Wildman–Crippen LogP) is 2.91. The van der Waals surface area contributed by atoms with Crippen molar-refractivity contribution in [3.8, 4) is 11.5 Å². The van der Waals surface area contributed by atoms with E-state index in [2.05, 4.69) is 10.6 Å². The van der Waals surface area contributed by atoms with Crippen LogP contribution in [0.3, 0.4) is 0 Å². The first kappa shape index (κ1) is 18.6. The Hall–Kier alpha value is -2.74. The Labute approximate surface area is 148 Å². The number of halogens is 2. The molecule has 132 valence electrons. The number of amides is 1. The maximum Gasteiger partial charge on any atom is 0.258 e. The summed E-state index contributed by atoms with van der Waals surface area (Å²) < 4.78 is 37.3. The van der Waals surface area contributed by atoms with Crippen molar-refractivity contribution in [2.45, 2.75) is 0 Å². The normalized spacial score (nSPS) is 10.0. The molecule has 25 heavy (non-hydrogen) atoms. The summed E-state index contributed by atoms with van der Waals surface area (Å²) in [5.41, 5.74) is -0.351. The molecule has 0 saturated heterocycles. The average Bonchev–Trinajstić information content (AvgIpc) is 2.62. The molecular formula is C17H16F2N2O3S. The van der Waals surface area contributed by atoms with Crippen molar-refractivity contribution >= 4 is 28.8 Å². The number of carbonyl (C=O) groups excluding carboxylic acids is 1. The topological polar surface area (TPSA) is 59.6 Å². The highest BCUT2D eigenvalue weighted by Gasteiger charge is 2.10. The maximum atomic E-state index is 13.5. The highest BCUT2D eigenvalue weighted by atomic mass is 32.1. The zero-order valence-corrected chi connectivity index (χ0v) is 14.2. The van der Waals surface area contributed by atoms with Crippen LogP contribution >= 0.6 is 12.2 Å². The van der Waals surface area contributed by atoms with Crippen LogP contribution in [0.5, 0.6) is 11.5 Å². The van der Waals surface area contributed by atoms with Crippen LogP contribution in [0.4, 0.5) is 14.5 Å². The van der Waals surface area contributed by atoms with Gasteiger partial charge in [-0.2, -0.15) is 0 Å². The van der Waals surface area contributed by atoms with Gasteiger partial charge in [0.15, 0.2) is 6.61 Å². The second-order valence-corrected chi connectivity index (χ2v) is 5.38. The zero-order chi connectivity index (χ0) is 18.2. The van der Waals surface area contributed by atoms with Crippen LogP contribution in [-0.2, 0) is 4.79 Å². The number of anilines is 1. The number of hydrogen-bond donors (Lipinski definition) is 2.